The summed E-state index contributed by atoms with van der Waals surface area (Å²) in [5, 5.41) is 14.7. The summed E-state index contributed by atoms with van der Waals surface area (Å²) in [6, 6.07) is 11.0. The maximum absolute atomic E-state index is 11.5. The fourth-order valence-corrected chi connectivity index (χ4v) is 3.67. The molecule has 3 rings (SSSR count). The first kappa shape index (κ1) is 22.3. The lowest BCUT2D eigenvalue weighted by Crippen LogP contribution is -2.11. The first-order chi connectivity index (χ1) is 14.1. The molecule has 1 aromatic heterocycles. The molecule has 0 aliphatic carbocycles. The van der Waals surface area contributed by atoms with Crippen LogP contribution in [0, 0.1) is 0 Å². The number of aryl methyl sites for hydroxylation is 1. The van der Waals surface area contributed by atoms with Crippen LogP contribution in [0.4, 0.5) is 0 Å². The minimum absolute atomic E-state index is 0.0178. The van der Waals surface area contributed by atoms with Crippen LogP contribution in [0.3, 0.4) is 0 Å². The number of halogens is 2. The Labute approximate surface area is 183 Å². The molecule has 1 heterocycles. The van der Waals surface area contributed by atoms with Crippen LogP contribution in [0.1, 0.15) is 25.2 Å². The molecule has 0 fully saturated rings. The zero-order valence-electron chi connectivity index (χ0n) is 15.6. The second kappa shape index (κ2) is 9.18. The third-order valence-corrected chi connectivity index (χ3v) is 6.01. The van der Waals surface area contributed by atoms with E-state index in [1.165, 1.54) is 12.1 Å². The van der Waals surface area contributed by atoms with Gasteiger partial charge in [-0.1, -0.05) is 29.3 Å². The maximum atomic E-state index is 11.5. The van der Waals surface area contributed by atoms with Gasteiger partial charge in [-0.2, -0.15) is 0 Å². The number of oxazole rings is 1. The lowest BCUT2D eigenvalue weighted by Gasteiger charge is -2.04. The summed E-state index contributed by atoms with van der Waals surface area (Å²) in [6.45, 7) is 0. The largest absolute Gasteiger partial charge is 0.481 e. The van der Waals surface area contributed by atoms with Crippen molar-refractivity contribution in [3.8, 4) is 22.6 Å². The minimum Gasteiger partial charge on any atom is -0.481 e. The van der Waals surface area contributed by atoms with Gasteiger partial charge < -0.3 is 9.52 Å². The van der Waals surface area contributed by atoms with Crippen molar-refractivity contribution in [3.05, 3.63) is 58.4 Å². The summed E-state index contributed by atoms with van der Waals surface area (Å²) in [5.74, 6) is 0.0177. The Morgan fingerprint density at radius 1 is 1.03 bits per heavy atom. The smallest absolute Gasteiger partial charge is 0.303 e. The number of carboxylic acid groups (broad SMARTS) is 1. The van der Waals surface area contributed by atoms with Crippen molar-refractivity contribution in [2.75, 3.05) is 0 Å². The van der Waals surface area contributed by atoms with Gasteiger partial charge in [0.05, 0.1) is 14.9 Å². The molecule has 0 atom stereocenters. The molecule has 0 saturated carbocycles. The van der Waals surface area contributed by atoms with Gasteiger partial charge in [0.2, 0.25) is 10.0 Å². The molecular weight excluding hydrogens is 451 g/mol. The molecule has 7 nitrogen and oxygen atoms in total. The number of hydrogen-bond acceptors (Lipinski definition) is 5. The molecular formula is C20H18Cl2N2O5S. The summed E-state index contributed by atoms with van der Waals surface area (Å²) in [5.41, 5.74) is 1.80. The summed E-state index contributed by atoms with van der Waals surface area (Å²) < 4.78 is 29.0. The Bertz CT molecular complexity index is 1170. The van der Waals surface area contributed by atoms with Crippen molar-refractivity contribution in [2.24, 2.45) is 5.14 Å². The van der Waals surface area contributed by atoms with Gasteiger partial charge in [-0.3, -0.25) is 4.79 Å². The highest BCUT2D eigenvalue weighted by atomic mass is 35.5. The molecule has 2 aromatic carbocycles. The average Bonchev–Trinajstić information content (AvgIpc) is 3.11. The number of nitrogens with two attached hydrogens (primary N) is 1. The summed E-state index contributed by atoms with van der Waals surface area (Å²) >= 11 is 12.2. The van der Waals surface area contributed by atoms with Crippen molar-refractivity contribution in [1.29, 1.82) is 0 Å². The van der Waals surface area contributed by atoms with E-state index >= 15 is 0 Å². The number of aliphatic carboxylic acids is 1. The van der Waals surface area contributed by atoms with E-state index in [-0.39, 0.29) is 11.3 Å². The van der Waals surface area contributed by atoms with Crippen LogP contribution in [0.25, 0.3) is 22.6 Å². The number of sulfonamides is 1. The molecule has 3 N–H and O–H groups in total. The standard InChI is InChI=1S/C20H18Cl2N2O5S/c21-15-10-7-13(11-16(15)22)19-20(12-5-8-14(9-6-12)30(23,27)28)29-17(24-19)3-1-2-4-18(25)26/h5-11H,1-4H2,(H,25,26)(H2,23,27,28). The van der Waals surface area contributed by atoms with Gasteiger partial charge in [0.25, 0.3) is 0 Å². The van der Waals surface area contributed by atoms with Crippen LogP contribution >= 0.6 is 23.2 Å². The fraction of sp³-hybridized carbons (Fsp3) is 0.200. The van der Waals surface area contributed by atoms with Gasteiger partial charge in [-0.25, -0.2) is 18.5 Å². The van der Waals surface area contributed by atoms with Gasteiger partial charge in [0.1, 0.15) is 5.69 Å². The highest BCUT2D eigenvalue weighted by Gasteiger charge is 2.19. The molecule has 3 aromatic rings. The molecule has 0 unspecified atom stereocenters. The second-order valence-corrected chi connectivity index (χ2v) is 8.96. The van der Waals surface area contributed by atoms with Gasteiger partial charge in [0.15, 0.2) is 11.7 Å². The van der Waals surface area contributed by atoms with E-state index in [4.69, 9.17) is 37.9 Å². The maximum Gasteiger partial charge on any atom is 0.303 e. The quantitative estimate of drug-likeness (QED) is 0.459. The number of primary sulfonamides is 1. The summed E-state index contributed by atoms with van der Waals surface area (Å²) in [6.07, 6.45) is 1.62. The van der Waals surface area contributed by atoms with Crippen LogP contribution < -0.4 is 5.14 Å². The topological polar surface area (TPSA) is 123 Å². The van der Waals surface area contributed by atoms with Crippen molar-refractivity contribution in [3.63, 3.8) is 0 Å². The normalized spacial score (nSPS) is 11.6. The zero-order valence-corrected chi connectivity index (χ0v) is 18.0. The summed E-state index contributed by atoms with van der Waals surface area (Å²) in [7, 11) is -3.82. The number of rotatable bonds is 8. The lowest BCUT2D eigenvalue weighted by molar-refractivity contribution is -0.137. The fourth-order valence-electron chi connectivity index (χ4n) is 2.85. The lowest BCUT2D eigenvalue weighted by atomic mass is 10.1. The summed E-state index contributed by atoms with van der Waals surface area (Å²) in [4.78, 5) is 15.2. The number of aromatic nitrogens is 1. The Morgan fingerprint density at radius 3 is 2.30 bits per heavy atom. The molecule has 0 amide bonds. The van der Waals surface area contributed by atoms with E-state index < -0.39 is 16.0 Å². The van der Waals surface area contributed by atoms with Gasteiger partial charge >= 0.3 is 5.97 Å². The Kier molecular flexibility index (Phi) is 6.82. The monoisotopic (exact) mass is 468 g/mol. The van der Waals surface area contributed by atoms with E-state index in [2.05, 4.69) is 4.98 Å². The third-order valence-electron chi connectivity index (χ3n) is 4.34. The number of carboxylic acids is 1. The van der Waals surface area contributed by atoms with Gasteiger partial charge in [0, 0.05) is 24.0 Å². The average molecular weight is 469 g/mol. The van der Waals surface area contributed by atoms with Crippen molar-refractivity contribution in [2.45, 2.75) is 30.6 Å². The Balaban J connectivity index is 1.98. The highest BCUT2D eigenvalue weighted by molar-refractivity contribution is 7.89. The van der Waals surface area contributed by atoms with Gasteiger partial charge in [-0.05, 0) is 49.2 Å². The van der Waals surface area contributed by atoms with Crippen LogP contribution in [0.2, 0.25) is 10.0 Å². The minimum atomic E-state index is -3.82. The number of benzene rings is 2. The van der Waals surface area contributed by atoms with Crippen molar-refractivity contribution in [1.82, 2.24) is 4.98 Å². The molecule has 0 bridgehead atoms. The second-order valence-electron chi connectivity index (χ2n) is 6.58. The van der Waals surface area contributed by atoms with E-state index in [1.54, 1.807) is 30.3 Å². The van der Waals surface area contributed by atoms with Crippen LogP contribution in [-0.4, -0.2) is 24.5 Å². The van der Waals surface area contributed by atoms with E-state index in [0.29, 0.717) is 57.8 Å². The number of carbonyl (C=O) groups is 1. The molecule has 30 heavy (non-hydrogen) atoms. The van der Waals surface area contributed by atoms with E-state index in [1.807, 2.05) is 0 Å². The first-order valence-corrected chi connectivity index (χ1v) is 11.3. The Hall–Kier alpha value is -2.39. The first-order valence-electron chi connectivity index (χ1n) is 8.95. The van der Waals surface area contributed by atoms with Crippen LogP contribution in [0.5, 0.6) is 0 Å². The predicted octanol–water partition coefficient (Wildman–Crippen LogP) is 4.76. The number of hydrogen-bond donors (Lipinski definition) is 2. The van der Waals surface area contributed by atoms with Crippen LogP contribution in [0.15, 0.2) is 51.8 Å². The van der Waals surface area contributed by atoms with E-state index in [9.17, 15) is 13.2 Å². The van der Waals surface area contributed by atoms with Crippen molar-refractivity contribution >= 4 is 39.2 Å². The SMILES string of the molecule is NS(=O)(=O)c1ccc(-c2oc(CCCCC(=O)O)nc2-c2ccc(Cl)c(Cl)c2)cc1. The van der Waals surface area contributed by atoms with Crippen molar-refractivity contribution < 1.29 is 22.7 Å². The zero-order chi connectivity index (χ0) is 21.9. The predicted molar refractivity (Wildman–Crippen MR) is 114 cm³/mol. The van der Waals surface area contributed by atoms with E-state index in [0.717, 1.165) is 0 Å². The molecule has 0 saturated heterocycles. The van der Waals surface area contributed by atoms with Gasteiger partial charge in [-0.15, -0.1) is 0 Å². The Morgan fingerprint density at radius 2 is 1.70 bits per heavy atom. The molecule has 10 heteroatoms. The molecule has 158 valence electrons. The molecule has 0 spiro atoms. The third kappa shape index (κ3) is 5.40. The highest BCUT2D eigenvalue weighted by Crippen LogP contribution is 2.36. The van der Waals surface area contributed by atoms with Crippen LogP contribution in [-0.2, 0) is 21.2 Å². The molecule has 0 radical (unpaired) electrons. The number of unbranched alkanes of at least 4 members (excludes halogenated alkanes) is 1. The molecule has 0 aliphatic heterocycles. The number of nitrogens with zero attached hydrogens (tertiary/aromatic N) is 1. The molecule has 0 aliphatic rings.